The van der Waals surface area contributed by atoms with Crippen LogP contribution in [0.25, 0.3) is 11.0 Å². The van der Waals surface area contributed by atoms with E-state index < -0.39 is 0 Å². The van der Waals surface area contributed by atoms with Crippen molar-refractivity contribution in [3.8, 4) is 0 Å². The van der Waals surface area contributed by atoms with Crippen molar-refractivity contribution in [3.05, 3.63) is 65.7 Å². The first kappa shape index (κ1) is 13.8. The largest absolute Gasteiger partial charge is 0.459 e. The lowest BCUT2D eigenvalue weighted by molar-refractivity contribution is 0.416. The Morgan fingerprint density at radius 1 is 1.29 bits per heavy atom. The number of furan rings is 1. The van der Waals surface area contributed by atoms with Crippen LogP contribution in [0.15, 0.2) is 53.2 Å². The van der Waals surface area contributed by atoms with Gasteiger partial charge in [0.2, 0.25) is 0 Å². The highest BCUT2D eigenvalue weighted by Gasteiger charge is 2.15. The maximum absolute atomic E-state index is 5.98. The maximum Gasteiger partial charge on any atom is 0.137 e. The lowest BCUT2D eigenvalue weighted by Crippen LogP contribution is -2.28. The third kappa shape index (κ3) is 2.96. The van der Waals surface area contributed by atoms with Gasteiger partial charge in [0.15, 0.2) is 0 Å². The van der Waals surface area contributed by atoms with Gasteiger partial charge in [-0.1, -0.05) is 24.3 Å². The predicted molar refractivity (Wildman–Crippen MR) is 83.6 cm³/mol. The molecule has 21 heavy (non-hydrogen) atoms. The second-order valence-electron chi connectivity index (χ2n) is 5.26. The Hall–Kier alpha value is -2.17. The topological polar surface area (TPSA) is 64.1 Å². The number of aryl methyl sites for hydroxylation is 2. The minimum Gasteiger partial charge on any atom is -0.459 e. The molecule has 1 aromatic carbocycles. The zero-order valence-corrected chi connectivity index (χ0v) is 12.0. The summed E-state index contributed by atoms with van der Waals surface area (Å²) in [5.41, 5.74) is 6.13. The molecule has 1 unspecified atom stereocenters. The Labute approximate surface area is 124 Å². The summed E-state index contributed by atoms with van der Waals surface area (Å²) < 4.78 is 5.98. The van der Waals surface area contributed by atoms with Crippen molar-refractivity contribution in [3.63, 3.8) is 0 Å². The number of pyridine rings is 1. The summed E-state index contributed by atoms with van der Waals surface area (Å²) >= 11 is 0. The van der Waals surface area contributed by atoms with Gasteiger partial charge in [0.1, 0.15) is 11.3 Å². The number of fused-ring (bicyclic) bond motifs is 1. The summed E-state index contributed by atoms with van der Waals surface area (Å²) in [5.74, 6) is 6.58. The summed E-state index contributed by atoms with van der Waals surface area (Å²) in [4.78, 5) is 4.13. The molecule has 4 heteroatoms. The van der Waals surface area contributed by atoms with E-state index in [0.29, 0.717) is 0 Å². The molecule has 0 aliphatic carbocycles. The zero-order chi connectivity index (χ0) is 14.7. The molecule has 0 radical (unpaired) electrons. The van der Waals surface area contributed by atoms with Gasteiger partial charge in [-0.15, -0.1) is 0 Å². The van der Waals surface area contributed by atoms with E-state index >= 15 is 0 Å². The van der Waals surface area contributed by atoms with Crippen LogP contribution in [0.2, 0.25) is 0 Å². The molecule has 3 rings (SSSR count). The van der Waals surface area contributed by atoms with Crippen molar-refractivity contribution < 1.29 is 4.42 Å². The number of nitrogens with zero attached hydrogens (tertiary/aromatic N) is 1. The molecule has 0 aliphatic heterocycles. The van der Waals surface area contributed by atoms with E-state index in [1.807, 2.05) is 18.3 Å². The van der Waals surface area contributed by atoms with E-state index in [1.165, 1.54) is 5.56 Å². The maximum atomic E-state index is 5.98. The highest BCUT2D eigenvalue weighted by molar-refractivity contribution is 5.80. The highest BCUT2D eigenvalue weighted by atomic mass is 16.3. The van der Waals surface area contributed by atoms with Gasteiger partial charge in [-0.25, -0.2) is 5.43 Å². The number of hydrogen-bond donors (Lipinski definition) is 2. The summed E-state index contributed by atoms with van der Waals surface area (Å²) in [6.07, 6.45) is 5.43. The number of benzene rings is 1. The number of nitrogens with two attached hydrogens (primary N) is 1. The van der Waals surface area contributed by atoms with E-state index in [2.05, 4.69) is 41.6 Å². The molecular formula is C17H19N3O. The van der Waals surface area contributed by atoms with E-state index in [1.54, 1.807) is 6.20 Å². The van der Waals surface area contributed by atoms with E-state index in [4.69, 9.17) is 10.3 Å². The van der Waals surface area contributed by atoms with Crippen molar-refractivity contribution in [1.82, 2.24) is 10.4 Å². The number of hydrogen-bond acceptors (Lipinski definition) is 4. The van der Waals surface area contributed by atoms with Crippen LogP contribution in [0.1, 0.15) is 29.3 Å². The van der Waals surface area contributed by atoms with E-state index in [9.17, 15) is 0 Å². The van der Waals surface area contributed by atoms with Crippen LogP contribution in [-0.4, -0.2) is 4.98 Å². The molecule has 0 fully saturated rings. The first-order valence-electron chi connectivity index (χ1n) is 7.12. The molecule has 0 aliphatic rings. The average Bonchev–Trinajstić information content (AvgIpc) is 2.94. The SMILES string of the molecule is Cc1cccc2cc(C(CCc3cccnc3)NN)oc12. The average molecular weight is 281 g/mol. The Morgan fingerprint density at radius 2 is 2.19 bits per heavy atom. The van der Waals surface area contributed by atoms with Gasteiger partial charge in [0.05, 0.1) is 6.04 Å². The molecule has 1 atom stereocenters. The second kappa shape index (κ2) is 6.08. The number of rotatable bonds is 5. The van der Waals surface area contributed by atoms with Gasteiger partial charge < -0.3 is 4.42 Å². The summed E-state index contributed by atoms with van der Waals surface area (Å²) in [6.45, 7) is 2.05. The zero-order valence-electron chi connectivity index (χ0n) is 12.0. The van der Waals surface area contributed by atoms with Crippen molar-refractivity contribution in [2.75, 3.05) is 0 Å². The molecule has 0 saturated heterocycles. The number of nitrogens with one attached hydrogen (secondary N) is 1. The quantitative estimate of drug-likeness (QED) is 0.556. The highest BCUT2D eigenvalue weighted by Crippen LogP contribution is 2.28. The van der Waals surface area contributed by atoms with Gasteiger partial charge in [-0.2, -0.15) is 0 Å². The summed E-state index contributed by atoms with van der Waals surface area (Å²) in [7, 11) is 0. The third-order valence-corrected chi connectivity index (χ3v) is 3.75. The molecule has 2 heterocycles. The third-order valence-electron chi connectivity index (χ3n) is 3.75. The fraction of sp³-hybridized carbons (Fsp3) is 0.235. The van der Waals surface area contributed by atoms with Crippen molar-refractivity contribution in [2.24, 2.45) is 5.84 Å². The molecule has 4 nitrogen and oxygen atoms in total. The minimum absolute atomic E-state index is 0.00277. The van der Waals surface area contributed by atoms with Crippen LogP contribution in [-0.2, 0) is 6.42 Å². The Bertz CT molecular complexity index is 721. The second-order valence-corrected chi connectivity index (χ2v) is 5.26. The molecule has 0 bridgehead atoms. The standard InChI is InChI=1S/C17H19N3O/c1-12-4-2-6-14-10-16(21-17(12)14)15(20-18)8-7-13-5-3-9-19-11-13/h2-6,9-11,15,20H,7-8,18H2,1H3. The van der Waals surface area contributed by atoms with Crippen LogP contribution in [0.3, 0.4) is 0 Å². The molecular weight excluding hydrogens is 262 g/mol. The molecule has 2 aromatic heterocycles. The van der Waals surface area contributed by atoms with Gasteiger partial charge in [0.25, 0.3) is 0 Å². The Morgan fingerprint density at radius 3 is 2.90 bits per heavy atom. The Balaban J connectivity index is 1.80. The van der Waals surface area contributed by atoms with Gasteiger partial charge in [0, 0.05) is 17.8 Å². The first-order chi connectivity index (χ1) is 10.3. The van der Waals surface area contributed by atoms with Crippen LogP contribution in [0, 0.1) is 6.92 Å². The molecule has 0 spiro atoms. The smallest absolute Gasteiger partial charge is 0.137 e. The number of para-hydroxylation sites is 1. The van der Waals surface area contributed by atoms with Crippen molar-refractivity contribution in [2.45, 2.75) is 25.8 Å². The number of aromatic nitrogens is 1. The van der Waals surface area contributed by atoms with E-state index in [0.717, 1.165) is 35.1 Å². The molecule has 3 aromatic rings. The normalized spacial score (nSPS) is 12.7. The molecule has 0 amide bonds. The summed E-state index contributed by atoms with van der Waals surface area (Å²) in [6, 6.07) is 12.2. The number of hydrazine groups is 1. The van der Waals surface area contributed by atoms with Gasteiger partial charge in [-0.05, 0) is 43.0 Å². The predicted octanol–water partition coefficient (Wildman–Crippen LogP) is 3.27. The van der Waals surface area contributed by atoms with Gasteiger partial charge >= 0.3 is 0 Å². The Kier molecular flexibility index (Phi) is 3.99. The van der Waals surface area contributed by atoms with Crippen molar-refractivity contribution in [1.29, 1.82) is 0 Å². The van der Waals surface area contributed by atoms with Crippen LogP contribution >= 0.6 is 0 Å². The van der Waals surface area contributed by atoms with E-state index in [-0.39, 0.29) is 6.04 Å². The first-order valence-corrected chi connectivity index (χ1v) is 7.12. The fourth-order valence-corrected chi connectivity index (χ4v) is 2.57. The minimum atomic E-state index is -0.00277. The van der Waals surface area contributed by atoms with Gasteiger partial charge in [-0.3, -0.25) is 10.8 Å². The molecule has 0 saturated carbocycles. The van der Waals surface area contributed by atoms with Crippen LogP contribution in [0.4, 0.5) is 0 Å². The fourth-order valence-electron chi connectivity index (χ4n) is 2.57. The molecule has 108 valence electrons. The van der Waals surface area contributed by atoms with Crippen molar-refractivity contribution >= 4 is 11.0 Å². The lowest BCUT2D eigenvalue weighted by atomic mass is 10.1. The van der Waals surface area contributed by atoms with Crippen LogP contribution < -0.4 is 11.3 Å². The monoisotopic (exact) mass is 281 g/mol. The molecule has 3 N–H and O–H groups in total. The van der Waals surface area contributed by atoms with Crippen LogP contribution in [0.5, 0.6) is 0 Å². The lowest BCUT2D eigenvalue weighted by Gasteiger charge is -2.12. The summed E-state index contributed by atoms with van der Waals surface area (Å²) in [5, 5.41) is 1.12.